The van der Waals surface area contributed by atoms with Crippen molar-refractivity contribution < 1.29 is 10.2 Å². The highest BCUT2D eigenvalue weighted by Crippen LogP contribution is 2.31. The number of hydrogen-bond acceptors (Lipinski definition) is 2. The molecular weight excluding hydrogens is 444 g/mol. The fourth-order valence-corrected chi connectivity index (χ4v) is 8.48. The minimum absolute atomic E-state index is 0.289. The van der Waals surface area contributed by atoms with E-state index in [1.54, 1.807) is 12.1 Å². The molecule has 0 spiro atoms. The van der Waals surface area contributed by atoms with Crippen molar-refractivity contribution in [3.63, 3.8) is 0 Å². The molecule has 0 saturated carbocycles. The number of hydrogen-bond donors (Lipinski definition) is 2. The Kier molecular flexibility index (Phi) is 5.32. The first-order chi connectivity index (χ1) is 17.2. The van der Waals surface area contributed by atoms with Crippen LogP contribution in [-0.4, -0.2) is 19.0 Å². The van der Waals surface area contributed by atoms with E-state index in [0.29, 0.717) is 0 Å². The summed E-state index contributed by atoms with van der Waals surface area (Å²) in [6.07, 6.45) is 4.41. The van der Waals surface area contributed by atoms with Crippen LogP contribution in [0.2, 0.25) is 0 Å². The lowest BCUT2D eigenvalue weighted by molar-refractivity contribution is 0.477. The Bertz CT molecular complexity index is 1470. The lowest BCUT2D eigenvalue weighted by Crippen LogP contribution is -2.53. The molecule has 5 aromatic carbocycles. The predicted molar refractivity (Wildman–Crippen MR) is 149 cm³/mol. The monoisotopic (exact) mass is 468 g/mol. The molecule has 2 nitrogen and oxygen atoms in total. The second-order valence-corrected chi connectivity index (χ2v) is 11.7. The van der Waals surface area contributed by atoms with Crippen molar-refractivity contribution in [3.8, 4) is 33.8 Å². The first-order valence-electron chi connectivity index (χ1n) is 11.8. The summed E-state index contributed by atoms with van der Waals surface area (Å²) in [4.78, 5) is 0. The van der Waals surface area contributed by atoms with Crippen molar-refractivity contribution in [3.05, 3.63) is 126 Å². The van der Waals surface area contributed by atoms with Crippen molar-refractivity contribution in [1.82, 2.24) is 0 Å². The van der Waals surface area contributed by atoms with Crippen LogP contribution in [0.1, 0.15) is 11.1 Å². The van der Waals surface area contributed by atoms with Gasteiger partial charge in [0.15, 0.2) is 0 Å². The Morgan fingerprint density at radius 2 is 0.914 bits per heavy atom. The average molecular weight is 469 g/mol. The van der Waals surface area contributed by atoms with Crippen LogP contribution < -0.4 is 15.6 Å². The largest absolute Gasteiger partial charge is 0.507 e. The Labute approximate surface area is 206 Å². The van der Waals surface area contributed by atoms with Crippen molar-refractivity contribution in [2.75, 3.05) is 0 Å². The van der Waals surface area contributed by atoms with Crippen LogP contribution in [0.4, 0.5) is 0 Å². The van der Waals surface area contributed by atoms with Crippen molar-refractivity contribution >= 4 is 36.5 Å². The topological polar surface area (TPSA) is 40.5 Å². The summed E-state index contributed by atoms with van der Waals surface area (Å²) < 4.78 is 0. The number of para-hydroxylation sites is 2. The molecule has 1 aliphatic rings. The minimum Gasteiger partial charge on any atom is -0.507 e. The standard InChI is InChI=1S/C32H24O2Si/c33-29-12-6-4-10-27(29)24-18-16-22-14-15-23-17-19-25(28-11-5-7-13-30(28)34)21-32(23)35(31(22)20-24)26-8-2-1-3-9-26/h1-21,33-35H. The maximum Gasteiger partial charge on any atom is 0.134 e. The molecule has 0 amide bonds. The van der Waals surface area contributed by atoms with Crippen molar-refractivity contribution in [2.24, 2.45) is 0 Å². The molecule has 0 radical (unpaired) electrons. The molecule has 6 rings (SSSR count). The van der Waals surface area contributed by atoms with Crippen LogP contribution in [0, 0.1) is 0 Å². The zero-order chi connectivity index (χ0) is 23.8. The first-order valence-corrected chi connectivity index (χ1v) is 13.5. The van der Waals surface area contributed by atoms with E-state index in [2.05, 4.69) is 78.9 Å². The Morgan fingerprint density at radius 3 is 1.40 bits per heavy atom. The molecule has 2 N–H and O–H groups in total. The molecule has 0 saturated heterocycles. The molecule has 1 aliphatic heterocycles. The SMILES string of the molecule is Oc1ccccc1-c1ccc2c(c1)[SiH](c1ccccc1)c1cc(-c3ccccc3O)ccc1C=C2. The van der Waals surface area contributed by atoms with Gasteiger partial charge in [-0.05, 0) is 44.8 Å². The molecule has 0 aliphatic carbocycles. The van der Waals surface area contributed by atoms with Gasteiger partial charge in [-0.25, -0.2) is 0 Å². The summed E-state index contributed by atoms with van der Waals surface area (Å²) in [5, 5.41) is 25.0. The molecule has 35 heavy (non-hydrogen) atoms. The van der Waals surface area contributed by atoms with Gasteiger partial charge in [0.1, 0.15) is 20.3 Å². The summed E-state index contributed by atoms with van der Waals surface area (Å²) in [5.74, 6) is 0.577. The van der Waals surface area contributed by atoms with Gasteiger partial charge >= 0.3 is 0 Å². The van der Waals surface area contributed by atoms with Crippen LogP contribution in [0.25, 0.3) is 34.4 Å². The zero-order valence-corrected chi connectivity index (χ0v) is 20.3. The van der Waals surface area contributed by atoms with E-state index in [1.807, 2.05) is 36.4 Å². The van der Waals surface area contributed by atoms with Crippen LogP contribution in [-0.2, 0) is 0 Å². The molecule has 1 heterocycles. The van der Waals surface area contributed by atoms with Gasteiger partial charge in [-0.1, -0.05) is 120 Å². The fourth-order valence-electron chi connectivity index (χ4n) is 5.08. The summed E-state index contributed by atoms with van der Waals surface area (Å²) in [5.41, 5.74) is 6.14. The lowest BCUT2D eigenvalue weighted by Gasteiger charge is -2.22. The fraction of sp³-hybridized carbons (Fsp3) is 0. The van der Waals surface area contributed by atoms with Gasteiger partial charge < -0.3 is 10.2 Å². The third kappa shape index (κ3) is 3.86. The number of fused-ring (bicyclic) bond motifs is 2. The summed E-state index contributed by atoms with van der Waals surface area (Å²) in [6, 6.07) is 38.8. The zero-order valence-electron chi connectivity index (χ0n) is 19.1. The summed E-state index contributed by atoms with van der Waals surface area (Å²) in [7, 11) is -1.89. The molecule has 0 bridgehead atoms. The maximum absolute atomic E-state index is 10.5. The van der Waals surface area contributed by atoms with Gasteiger partial charge in [0.25, 0.3) is 0 Å². The van der Waals surface area contributed by atoms with Gasteiger partial charge in [0, 0.05) is 11.1 Å². The molecule has 0 aromatic heterocycles. The van der Waals surface area contributed by atoms with Crippen LogP contribution in [0.3, 0.4) is 0 Å². The Morgan fingerprint density at radius 1 is 0.457 bits per heavy atom. The van der Waals surface area contributed by atoms with Gasteiger partial charge in [-0.2, -0.15) is 0 Å². The number of rotatable bonds is 3. The van der Waals surface area contributed by atoms with Crippen molar-refractivity contribution in [2.45, 2.75) is 0 Å². The van der Waals surface area contributed by atoms with E-state index >= 15 is 0 Å². The smallest absolute Gasteiger partial charge is 0.134 e. The van der Waals surface area contributed by atoms with Gasteiger partial charge in [0.2, 0.25) is 0 Å². The molecule has 168 valence electrons. The normalized spacial score (nSPS) is 12.6. The molecule has 0 fully saturated rings. The number of phenolic OH excluding ortho intramolecular Hbond substituents is 2. The molecule has 3 heteroatoms. The van der Waals surface area contributed by atoms with Crippen LogP contribution in [0.15, 0.2) is 115 Å². The van der Waals surface area contributed by atoms with Gasteiger partial charge in [-0.15, -0.1) is 0 Å². The van der Waals surface area contributed by atoms with E-state index < -0.39 is 8.80 Å². The van der Waals surface area contributed by atoms with E-state index in [9.17, 15) is 10.2 Å². The number of aromatic hydroxyl groups is 2. The number of phenols is 2. The lowest BCUT2D eigenvalue weighted by atomic mass is 10.0. The van der Waals surface area contributed by atoms with E-state index in [1.165, 1.54) is 26.7 Å². The Hall–Kier alpha value is -4.34. The quantitative estimate of drug-likeness (QED) is 0.352. The van der Waals surface area contributed by atoms with Gasteiger partial charge in [-0.3, -0.25) is 0 Å². The highest BCUT2D eigenvalue weighted by atomic mass is 28.3. The maximum atomic E-state index is 10.5. The van der Waals surface area contributed by atoms with Gasteiger partial charge in [0.05, 0.1) is 0 Å². The summed E-state index contributed by atoms with van der Waals surface area (Å²) >= 11 is 0. The highest BCUT2D eigenvalue weighted by molar-refractivity contribution is 6.96. The first kappa shape index (κ1) is 21.2. The van der Waals surface area contributed by atoms with Crippen LogP contribution in [0.5, 0.6) is 11.5 Å². The molecule has 0 atom stereocenters. The number of benzene rings is 5. The molecule has 5 aromatic rings. The predicted octanol–water partition coefficient (Wildman–Crippen LogP) is 5.16. The van der Waals surface area contributed by atoms with Crippen LogP contribution >= 0.6 is 0 Å². The van der Waals surface area contributed by atoms with Crippen molar-refractivity contribution in [1.29, 1.82) is 0 Å². The second kappa shape index (κ2) is 8.78. The van der Waals surface area contributed by atoms with E-state index in [0.717, 1.165) is 22.3 Å². The average Bonchev–Trinajstić information content (AvgIpc) is 3.05. The molecule has 0 unspecified atom stereocenters. The summed E-state index contributed by atoms with van der Waals surface area (Å²) in [6.45, 7) is 0. The third-order valence-corrected chi connectivity index (χ3v) is 10.1. The Balaban J connectivity index is 1.59. The minimum atomic E-state index is -1.89. The third-order valence-electron chi connectivity index (χ3n) is 6.80. The molecular formula is C32H24O2Si. The highest BCUT2D eigenvalue weighted by Gasteiger charge is 2.26. The second-order valence-electron chi connectivity index (χ2n) is 8.90. The van der Waals surface area contributed by atoms with E-state index in [4.69, 9.17) is 0 Å². The van der Waals surface area contributed by atoms with E-state index in [-0.39, 0.29) is 11.5 Å².